The second-order valence-electron chi connectivity index (χ2n) is 7.36. The van der Waals surface area contributed by atoms with E-state index in [9.17, 15) is 13.6 Å². The molecule has 2 aromatic heterocycles. The predicted octanol–water partition coefficient (Wildman–Crippen LogP) is 4.39. The van der Waals surface area contributed by atoms with Gasteiger partial charge in [-0.15, -0.1) is 0 Å². The largest absolute Gasteiger partial charge is 0.330 e. The second-order valence-corrected chi connectivity index (χ2v) is 7.36. The SMILES string of the molecule is O=C(Cc1c(F)cccc1F)c1cn2c(n1)-c1cc(-n3ccnc3)ccc1CCC2. The lowest BCUT2D eigenvalue weighted by molar-refractivity contribution is 0.0986. The normalized spacial score (nSPS) is 12.9. The summed E-state index contributed by atoms with van der Waals surface area (Å²) in [5, 5.41) is 0. The van der Waals surface area contributed by atoms with E-state index in [2.05, 4.69) is 16.0 Å². The fourth-order valence-electron chi connectivity index (χ4n) is 3.89. The minimum absolute atomic E-state index is 0.216. The molecule has 1 aliphatic rings. The third-order valence-corrected chi connectivity index (χ3v) is 5.44. The number of aromatic nitrogens is 4. The van der Waals surface area contributed by atoms with E-state index in [1.54, 1.807) is 18.7 Å². The first-order chi connectivity index (χ1) is 14.6. The monoisotopic (exact) mass is 404 g/mol. The highest BCUT2D eigenvalue weighted by molar-refractivity contribution is 5.96. The summed E-state index contributed by atoms with van der Waals surface area (Å²) in [7, 11) is 0. The van der Waals surface area contributed by atoms with Gasteiger partial charge >= 0.3 is 0 Å². The number of rotatable bonds is 4. The van der Waals surface area contributed by atoms with Crippen molar-refractivity contribution in [2.24, 2.45) is 0 Å². The molecule has 5 nitrogen and oxygen atoms in total. The maximum Gasteiger partial charge on any atom is 0.187 e. The molecule has 0 amide bonds. The quantitative estimate of drug-likeness (QED) is 0.474. The van der Waals surface area contributed by atoms with Gasteiger partial charge in [-0.3, -0.25) is 4.79 Å². The van der Waals surface area contributed by atoms with E-state index in [-0.39, 0.29) is 17.7 Å². The Balaban J connectivity index is 1.53. The van der Waals surface area contributed by atoms with Crippen LogP contribution in [0.1, 0.15) is 28.0 Å². The molecule has 0 atom stereocenters. The highest BCUT2D eigenvalue weighted by Gasteiger charge is 2.22. The zero-order valence-corrected chi connectivity index (χ0v) is 16.1. The fourth-order valence-corrected chi connectivity index (χ4v) is 3.89. The first-order valence-electron chi connectivity index (χ1n) is 9.75. The molecule has 150 valence electrons. The summed E-state index contributed by atoms with van der Waals surface area (Å²) in [6, 6.07) is 9.74. The van der Waals surface area contributed by atoms with E-state index in [4.69, 9.17) is 0 Å². The van der Waals surface area contributed by atoms with Gasteiger partial charge in [0, 0.05) is 48.4 Å². The van der Waals surface area contributed by atoms with Gasteiger partial charge in [0.1, 0.15) is 23.2 Å². The average molecular weight is 404 g/mol. The Morgan fingerprint density at radius 3 is 2.73 bits per heavy atom. The average Bonchev–Trinajstić information content (AvgIpc) is 3.39. The van der Waals surface area contributed by atoms with Crippen LogP contribution in [0.15, 0.2) is 61.3 Å². The van der Waals surface area contributed by atoms with Gasteiger partial charge in [0.05, 0.1) is 6.33 Å². The molecule has 5 rings (SSSR count). The summed E-state index contributed by atoms with van der Waals surface area (Å²) in [6.07, 6.45) is 8.45. The summed E-state index contributed by atoms with van der Waals surface area (Å²) in [6.45, 7) is 0.721. The zero-order chi connectivity index (χ0) is 20.7. The summed E-state index contributed by atoms with van der Waals surface area (Å²) < 4.78 is 31.8. The molecule has 7 heteroatoms. The minimum Gasteiger partial charge on any atom is -0.330 e. The van der Waals surface area contributed by atoms with Gasteiger partial charge in [-0.25, -0.2) is 18.7 Å². The maximum absolute atomic E-state index is 14.0. The number of hydrogen-bond acceptors (Lipinski definition) is 3. The lowest BCUT2D eigenvalue weighted by Gasteiger charge is -2.09. The molecular formula is C23H18F2N4O. The first kappa shape index (κ1) is 18.4. The third-order valence-electron chi connectivity index (χ3n) is 5.44. The number of carbonyl (C=O) groups is 1. The van der Waals surface area contributed by atoms with Crippen LogP contribution in [0, 0.1) is 11.6 Å². The number of carbonyl (C=O) groups excluding carboxylic acids is 1. The molecule has 3 heterocycles. The van der Waals surface area contributed by atoms with Crippen molar-refractivity contribution in [1.29, 1.82) is 0 Å². The number of benzene rings is 2. The number of aryl methyl sites for hydroxylation is 2. The van der Waals surface area contributed by atoms with E-state index in [0.29, 0.717) is 5.82 Å². The van der Waals surface area contributed by atoms with E-state index in [1.807, 2.05) is 27.5 Å². The Morgan fingerprint density at radius 1 is 1.13 bits per heavy atom. The van der Waals surface area contributed by atoms with Crippen LogP contribution in [0.5, 0.6) is 0 Å². The topological polar surface area (TPSA) is 52.7 Å². The number of Topliss-reactive ketones (excluding diaryl/α,β-unsaturated/α-hetero) is 1. The van der Waals surface area contributed by atoms with Crippen LogP contribution in [0.4, 0.5) is 8.78 Å². The molecule has 0 spiro atoms. The van der Waals surface area contributed by atoms with Gasteiger partial charge in [0.15, 0.2) is 5.78 Å². The lowest BCUT2D eigenvalue weighted by atomic mass is 10.0. The number of nitrogens with zero attached hydrogens (tertiary/aromatic N) is 4. The van der Waals surface area contributed by atoms with Gasteiger partial charge in [-0.1, -0.05) is 12.1 Å². The molecule has 30 heavy (non-hydrogen) atoms. The minimum atomic E-state index is -0.723. The van der Waals surface area contributed by atoms with Crippen molar-refractivity contribution < 1.29 is 13.6 Å². The number of imidazole rings is 2. The smallest absolute Gasteiger partial charge is 0.187 e. The van der Waals surface area contributed by atoms with Gasteiger partial charge in [0.2, 0.25) is 0 Å². The molecule has 0 saturated carbocycles. The van der Waals surface area contributed by atoms with Crippen LogP contribution in [0.2, 0.25) is 0 Å². The zero-order valence-electron chi connectivity index (χ0n) is 16.1. The van der Waals surface area contributed by atoms with Crippen LogP contribution in [0.3, 0.4) is 0 Å². The number of fused-ring (bicyclic) bond motifs is 3. The molecule has 0 unspecified atom stereocenters. The van der Waals surface area contributed by atoms with Crippen LogP contribution >= 0.6 is 0 Å². The molecule has 0 fully saturated rings. The van der Waals surface area contributed by atoms with Gasteiger partial charge in [0.25, 0.3) is 0 Å². The highest BCUT2D eigenvalue weighted by Crippen LogP contribution is 2.30. The van der Waals surface area contributed by atoms with Crippen molar-refractivity contribution in [1.82, 2.24) is 19.1 Å². The molecule has 1 aliphatic heterocycles. The molecular weight excluding hydrogens is 386 g/mol. The van der Waals surface area contributed by atoms with Crippen molar-refractivity contribution >= 4 is 5.78 Å². The van der Waals surface area contributed by atoms with E-state index in [0.717, 1.165) is 48.3 Å². The Bertz CT molecular complexity index is 1220. The molecule has 0 saturated heterocycles. The Labute approximate surface area is 171 Å². The maximum atomic E-state index is 14.0. The molecule has 0 bridgehead atoms. The van der Waals surface area contributed by atoms with Crippen molar-refractivity contribution in [2.45, 2.75) is 25.8 Å². The van der Waals surface area contributed by atoms with Crippen molar-refractivity contribution in [2.75, 3.05) is 0 Å². The molecule has 2 aromatic carbocycles. The fraction of sp³-hybridized carbons (Fsp3) is 0.174. The molecule has 0 aliphatic carbocycles. The molecule has 0 radical (unpaired) electrons. The van der Waals surface area contributed by atoms with Crippen LogP contribution in [-0.4, -0.2) is 24.9 Å². The third kappa shape index (κ3) is 3.22. The molecule has 0 N–H and O–H groups in total. The molecule has 4 aromatic rings. The lowest BCUT2D eigenvalue weighted by Crippen LogP contribution is -2.08. The Morgan fingerprint density at radius 2 is 1.97 bits per heavy atom. The van der Waals surface area contributed by atoms with Gasteiger partial charge in [-0.05, 0) is 42.7 Å². The standard InChI is InChI=1S/C23H18F2N4O/c24-19-4-1-5-20(25)18(19)12-22(30)21-13-28-9-2-3-15-6-7-16(29-10-8-26-14-29)11-17(15)23(28)27-21/h1,4-8,10-11,13-14H,2-3,9,12H2. The van der Waals surface area contributed by atoms with Crippen molar-refractivity contribution in [3.05, 3.63) is 89.8 Å². The predicted molar refractivity (Wildman–Crippen MR) is 107 cm³/mol. The number of halogens is 2. The van der Waals surface area contributed by atoms with Crippen LogP contribution in [0.25, 0.3) is 17.1 Å². The second kappa shape index (κ2) is 7.33. The van der Waals surface area contributed by atoms with Crippen LogP contribution < -0.4 is 0 Å². The Hall–Kier alpha value is -3.61. The van der Waals surface area contributed by atoms with Crippen LogP contribution in [-0.2, 0) is 19.4 Å². The van der Waals surface area contributed by atoms with E-state index >= 15 is 0 Å². The summed E-state index contributed by atoms with van der Waals surface area (Å²) in [5.74, 6) is -1.16. The number of hydrogen-bond donors (Lipinski definition) is 0. The highest BCUT2D eigenvalue weighted by atomic mass is 19.1. The van der Waals surface area contributed by atoms with E-state index < -0.39 is 17.4 Å². The first-order valence-corrected chi connectivity index (χ1v) is 9.75. The van der Waals surface area contributed by atoms with Crippen molar-refractivity contribution in [3.63, 3.8) is 0 Å². The van der Waals surface area contributed by atoms with Gasteiger partial charge < -0.3 is 9.13 Å². The Kier molecular flexibility index (Phi) is 4.50. The van der Waals surface area contributed by atoms with Crippen molar-refractivity contribution in [3.8, 4) is 17.1 Å². The summed E-state index contributed by atoms with van der Waals surface area (Å²) >= 11 is 0. The summed E-state index contributed by atoms with van der Waals surface area (Å²) in [4.78, 5) is 21.4. The van der Waals surface area contributed by atoms with E-state index in [1.165, 1.54) is 6.07 Å². The summed E-state index contributed by atoms with van der Waals surface area (Å²) in [5.41, 5.74) is 3.04. The van der Waals surface area contributed by atoms with Gasteiger partial charge in [-0.2, -0.15) is 0 Å². The number of ketones is 1.